The Labute approximate surface area is 165 Å². The summed E-state index contributed by atoms with van der Waals surface area (Å²) in [6.45, 7) is 0. The summed E-state index contributed by atoms with van der Waals surface area (Å²) in [4.78, 5) is 4.09. The summed E-state index contributed by atoms with van der Waals surface area (Å²) in [7, 11) is 9.92. The lowest BCUT2D eigenvalue weighted by atomic mass is 10.3. The smallest absolute Gasteiger partial charge is 0.156 e. The molecule has 0 saturated carbocycles. The van der Waals surface area contributed by atoms with Gasteiger partial charge in [-0.3, -0.25) is 0 Å². The maximum atomic E-state index is 4.32. The molecule has 0 aliphatic heterocycles. The van der Waals surface area contributed by atoms with Crippen LogP contribution in [-0.2, 0) is 7.05 Å². The molecular weight excluding hydrogens is 350 g/mol. The van der Waals surface area contributed by atoms with E-state index >= 15 is 0 Å². The van der Waals surface area contributed by atoms with Gasteiger partial charge in [0.25, 0.3) is 0 Å². The Balaban J connectivity index is 1.70. The van der Waals surface area contributed by atoms with Crippen LogP contribution in [0, 0.1) is 0 Å². The summed E-state index contributed by atoms with van der Waals surface area (Å²) in [6, 6.07) is 19.6. The van der Waals surface area contributed by atoms with E-state index in [1.807, 2.05) is 110 Å². The normalized spacial score (nSPS) is 11.5. The van der Waals surface area contributed by atoms with Gasteiger partial charge in [-0.05, 0) is 60.7 Å². The lowest BCUT2D eigenvalue weighted by molar-refractivity contribution is 0.895. The first kappa shape index (κ1) is 19.3. The average molecular weight is 375 g/mol. The quantitative estimate of drug-likeness (QED) is 0.497. The Morgan fingerprint density at radius 3 is 1.21 bits per heavy atom. The molecule has 3 rings (SSSR count). The topological polar surface area (TPSA) is 60.9 Å². The van der Waals surface area contributed by atoms with Crippen LogP contribution in [0.1, 0.15) is 0 Å². The lowest BCUT2D eigenvalue weighted by Crippen LogP contribution is -2.07. The van der Waals surface area contributed by atoms with Crippen molar-refractivity contribution < 1.29 is 0 Å². The van der Waals surface area contributed by atoms with Crippen molar-refractivity contribution in [3.8, 4) is 0 Å². The van der Waals surface area contributed by atoms with Crippen molar-refractivity contribution in [2.75, 3.05) is 38.0 Å². The van der Waals surface area contributed by atoms with E-state index in [1.54, 1.807) is 0 Å². The number of rotatable bonds is 6. The molecule has 1 aromatic heterocycles. The molecule has 0 radical (unpaired) electrons. The summed E-state index contributed by atoms with van der Waals surface area (Å²) in [6.07, 6.45) is 0. The third-order valence-corrected chi connectivity index (χ3v) is 4.34. The molecule has 0 saturated heterocycles. The van der Waals surface area contributed by atoms with Crippen molar-refractivity contribution in [3.63, 3.8) is 0 Å². The van der Waals surface area contributed by atoms with Crippen LogP contribution < -0.4 is 9.80 Å². The molecular formula is C21H25N7. The van der Waals surface area contributed by atoms with Crippen molar-refractivity contribution >= 4 is 34.4 Å². The van der Waals surface area contributed by atoms with Crippen molar-refractivity contribution in [3.05, 3.63) is 60.7 Å². The minimum Gasteiger partial charge on any atom is -0.378 e. The highest BCUT2D eigenvalue weighted by Crippen LogP contribution is 2.27. The van der Waals surface area contributed by atoms with Gasteiger partial charge in [0.2, 0.25) is 0 Å². The van der Waals surface area contributed by atoms with E-state index in [4.69, 9.17) is 0 Å². The van der Waals surface area contributed by atoms with Crippen LogP contribution in [0.4, 0.5) is 34.4 Å². The predicted octanol–water partition coefficient (Wildman–Crippen LogP) is 5.99. The molecule has 7 heteroatoms. The summed E-state index contributed by atoms with van der Waals surface area (Å²) in [5.74, 6) is 1.43. The van der Waals surface area contributed by atoms with E-state index < -0.39 is 0 Å². The van der Waals surface area contributed by atoms with Crippen molar-refractivity contribution in [1.29, 1.82) is 0 Å². The highest BCUT2D eigenvalue weighted by molar-refractivity contribution is 5.53. The molecule has 0 aliphatic carbocycles. The van der Waals surface area contributed by atoms with Crippen molar-refractivity contribution in [1.82, 2.24) is 4.57 Å². The predicted molar refractivity (Wildman–Crippen MR) is 115 cm³/mol. The van der Waals surface area contributed by atoms with Crippen LogP contribution in [0.3, 0.4) is 0 Å². The number of nitrogens with zero attached hydrogens (tertiary/aromatic N) is 7. The molecule has 0 aliphatic rings. The fourth-order valence-electron chi connectivity index (χ4n) is 2.54. The Morgan fingerprint density at radius 1 is 0.536 bits per heavy atom. The zero-order chi connectivity index (χ0) is 20.1. The minimum atomic E-state index is 0.716. The average Bonchev–Trinajstić information content (AvgIpc) is 3.05. The van der Waals surface area contributed by atoms with Crippen LogP contribution in [0.2, 0.25) is 0 Å². The molecule has 0 amide bonds. The third kappa shape index (κ3) is 4.62. The van der Waals surface area contributed by atoms with E-state index in [2.05, 4.69) is 20.5 Å². The molecule has 3 aromatic rings. The number of hydrogen-bond acceptors (Lipinski definition) is 6. The van der Waals surface area contributed by atoms with Gasteiger partial charge in [0.1, 0.15) is 0 Å². The Kier molecular flexibility index (Phi) is 5.84. The maximum Gasteiger partial charge on any atom is 0.156 e. The summed E-state index contributed by atoms with van der Waals surface area (Å²) in [5, 5.41) is 17.3. The summed E-state index contributed by atoms with van der Waals surface area (Å²) in [5.41, 5.74) is 3.85. The van der Waals surface area contributed by atoms with Crippen molar-refractivity contribution in [2.45, 2.75) is 0 Å². The molecule has 0 spiro atoms. The second-order valence-corrected chi connectivity index (χ2v) is 6.83. The van der Waals surface area contributed by atoms with Gasteiger partial charge in [-0.1, -0.05) is 0 Å². The van der Waals surface area contributed by atoms with Crippen LogP contribution in [0.15, 0.2) is 81.1 Å². The number of azo groups is 2. The van der Waals surface area contributed by atoms with Crippen LogP contribution >= 0.6 is 0 Å². The minimum absolute atomic E-state index is 0.716. The third-order valence-electron chi connectivity index (χ3n) is 4.34. The molecule has 0 atom stereocenters. The van der Waals surface area contributed by atoms with E-state index in [-0.39, 0.29) is 0 Å². The van der Waals surface area contributed by atoms with Gasteiger partial charge >= 0.3 is 0 Å². The van der Waals surface area contributed by atoms with Gasteiger partial charge in [-0.25, -0.2) is 0 Å². The maximum absolute atomic E-state index is 4.32. The monoisotopic (exact) mass is 375 g/mol. The van der Waals surface area contributed by atoms with Gasteiger partial charge in [0.05, 0.1) is 11.4 Å². The molecule has 0 bridgehead atoms. The highest BCUT2D eigenvalue weighted by atomic mass is 15.2. The second-order valence-electron chi connectivity index (χ2n) is 6.83. The van der Waals surface area contributed by atoms with Gasteiger partial charge in [-0.15, -0.1) is 20.5 Å². The fraction of sp³-hybridized carbons (Fsp3) is 0.238. The first-order chi connectivity index (χ1) is 13.4. The van der Waals surface area contributed by atoms with Gasteiger partial charge in [0.15, 0.2) is 11.6 Å². The standard InChI is InChI=1S/C21H25N7/c1-26(2)18-10-6-16(7-11-18)22-24-20-14-15-21(28(20)5)25-23-17-8-12-19(13-9-17)27(3)4/h6-15H,1-5H3. The Bertz CT molecular complexity index is 886. The molecule has 7 nitrogen and oxygen atoms in total. The molecule has 0 unspecified atom stereocenters. The number of aromatic nitrogens is 1. The van der Waals surface area contributed by atoms with Crippen LogP contribution in [0.5, 0.6) is 0 Å². The van der Waals surface area contributed by atoms with Gasteiger partial charge in [-0.2, -0.15) is 0 Å². The fourth-order valence-corrected chi connectivity index (χ4v) is 2.54. The number of anilines is 2. The lowest BCUT2D eigenvalue weighted by Gasteiger charge is -2.11. The van der Waals surface area contributed by atoms with E-state index in [1.165, 1.54) is 0 Å². The van der Waals surface area contributed by atoms with Crippen molar-refractivity contribution in [2.24, 2.45) is 27.5 Å². The largest absolute Gasteiger partial charge is 0.378 e. The molecule has 144 valence electrons. The number of hydrogen-bond donors (Lipinski definition) is 0. The highest BCUT2D eigenvalue weighted by Gasteiger charge is 2.03. The molecule has 0 fully saturated rings. The second kappa shape index (κ2) is 8.47. The Morgan fingerprint density at radius 2 is 0.893 bits per heavy atom. The zero-order valence-electron chi connectivity index (χ0n) is 16.9. The van der Waals surface area contributed by atoms with E-state index in [0.717, 1.165) is 22.7 Å². The van der Waals surface area contributed by atoms with E-state index in [9.17, 15) is 0 Å². The number of benzene rings is 2. The van der Waals surface area contributed by atoms with Crippen LogP contribution in [0.25, 0.3) is 0 Å². The first-order valence-corrected chi connectivity index (χ1v) is 8.98. The first-order valence-electron chi connectivity index (χ1n) is 8.98. The summed E-state index contributed by atoms with van der Waals surface area (Å²) >= 11 is 0. The zero-order valence-corrected chi connectivity index (χ0v) is 16.9. The molecule has 28 heavy (non-hydrogen) atoms. The Hall–Kier alpha value is -3.48. The molecule has 2 aromatic carbocycles. The molecule has 0 N–H and O–H groups in total. The summed E-state index contributed by atoms with van der Waals surface area (Å²) < 4.78 is 1.86. The SMILES string of the molecule is CN(C)c1ccc(N=Nc2ccc(N=Nc3ccc(N(C)C)cc3)n2C)cc1. The van der Waals surface area contributed by atoms with E-state index in [0.29, 0.717) is 11.6 Å². The van der Waals surface area contributed by atoms with Gasteiger partial charge < -0.3 is 14.4 Å². The van der Waals surface area contributed by atoms with Crippen LogP contribution in [-0.4, -0.2) is 32.8 Å². The van der Waals surface area contributed by atoms with Gasteiger partial charge in [0, 0.05) is 46.6 Å². The molecule has 1 heterocycles.